The van der Waals surface area contributed by atoms with Crippen LogP contribution in [-0.4, -0.2) is 25.0 Å². The molecule has 0 radical (unpaired) electrons. The van der Waals surface area contributed by atoms with E-state index < -0.39 is 0 Å². The van der Waals surface area contributed by atoms with E-state index in [1.165, 1.54) is 5.56 Å². The predicted octanol–water partition coefficient (Wildman–Crippen LogP) is 2.95. The van der Waals surface area contributed by atoms with Crippen molar-refractivity contribution >= 4 is 0 Å². The molecule has 1 aromatic heterocycles. The quantitative estimate of drug-likeness (QED) is 0.719. The summed E-state index contributed by atoms with van der Waals surface area (Å²) in [7, 11) is 2.09. The van der Waals surface area contributed by atoms with Crippen LogP contribution in [0.2, 0.25) is 0 Å². The van der Waals surface area contributed by atoms with Gasteiger partial charge >= 0.3 is 0 Å². The second kappa shape index (κ2) is 7.39. The molecular formula is C15H26N2O. The highest BCUT2D eigenvalue weighted by molar-refractivity contribution is 5.20. The number of furan rings is 1. The van der Waals surface area contributed by atoms with Gasteiger partial charge in [0, 0.05) is 18.7 Å². The maximum Gasteiger partial charge on any atom is 0.118 e. The van der Waals surface area contributed by atoms with Crippen LogP contribution in [-0.2, 0) is 13.1 Å². The van der Waals surface area contributed by atoms with E-state index >= 15 is 0 Å². The van der Waals surface area contributed by atoms with Crippen molar-refractivity contribution in [3.63, 3.8) is 0 Å². The second-order valence-electron chi connectivity index (χ2n) is 5.30. The minimum atomic E-state index is 0.666. The number of likely N-dealkylation sites (N-methyl/N-ethyl adjacent to an activating group) is 1. The van der Waals surface area contributed by atoms with Crippen molar-refractivity contribution in [3.8, 4) is 0 Å². The molecule has 0 spiro atoms. The van der Waals surface area contributed by atoms with Gasteiger partial charge < -0.3 is 9.73 Å². The first-order valence-corrected chi connectivity index (χ1v) is 6.61. The molecule has 0 saturated heterocycles. The Kier molecular flexibility index (Phi) is 6.16. The number of hydrogen-bond acceptors (Lipinski definition) is 3. The van der Waals surface area contributed by atoms with Crippen LogP contribution < -0.4 is 5.32 Å². The van der Waals surface area contributed by atoms with Crippen LogP contribution in [0.3, 0.4) is 0 Å². The molecule has 0 aliphatic carbocycles. The van der Waals surface area contributed by atoms with Crippen LogP contribution in [0.1, 0.15) is 30.9 Å². The molecule has 1 N–H and O–H groups in total. The summed E-state index contributed by atoms with van der Waals surface area (Å²) >= 11 is 0. The zero-order valence-corrected chi connectivity index (χ0v) is 12.1. The summed E-state index contributed by atoms with van der Waals surface area (Å²) in [5.74, 6) is 2.71. The molecule has 0 aliphatic rings. The van der Waals surface area contributed by atoms with Crippen LogP contribution in [0.4, 0.5) is 0 Å². The van der Waals surface area contributed by atoms with E-state index in [0.717, 1.165) is 37.7 Å². The molecule has 1 heterocycles. The van der Waals surface area contributed by atoms with Gasteiger partial charge in [0.25, 0.3) is 0 Å². The molecule has 0 saturated carbocycles. The van der Waals surface area contributed by atoms with Crippen LogP contribution in [0.25, 0.3) is 0 Å². The summed E-state index contributed by atoms with van der Waals surface area (Å²) in [5.41, 5.74) is 1.26. The third kappa shape index (κ3) is 5.07. The molecule has 3 nitrogen and oxygen atoms in total. The Morgan fingerprint density at radius 1 is 1.50 bits per heavy atom. The molecule has 0 bridgehead atoms. The smallest absolute Gasteiger partial charge is 0.118 e. The van der Waals surface area contributed by atoms with Crippen molar-refractivity contribution in [1.82, 2.24) is 10.2 Å². The molecule has 1 aromatic rings. The Bertz CT molecular complexity index is 369. The highest BCUT2D eigenvalue weighted by Gasteiger charge is 2.09. The van der Waals surface area contributed by atoms with Gasteiger partial charge in [-0.25, -0.2) is 0 Å². The summed E-state index contributed by atoms with van der Waals surface area (Å²) < 4.78 is 5.76. The lowest BCUT2D eigenvalue weighted by atomic mass is 10.2. The SMILES string of the molecule is C=CCN(C)Cc1cc(CNCC(C)C)oc1C. The van der Waals surface area contributed by atoms with Gasteiger partial charge in [-0.3, -0.25) is 4.90 Å². The standard InChI is InChI=1S/C15H26N2O/c1-6-7-17(5)11-14-8-15(18-13(14)4)10-16-9-12(2)3/h6,8,12,16H,1,7,9-11H2,2-5H3. The number of aryl methyl sites for hydroxylation is 1. The largest absolute Gasteiger partial charge is 0.465 e. The Hall–Kier alpha value is -1.06. The molecule has 102 valence electrons. The van der Waals surface area contributed by atoms with Gasteiger partial charge in [-0.05, 0) is 32.5 Å². The molecule has 3 heteroatoms. The highest BCUT2D eigenvalue weighted by atomic mass is 16.3. The van der Waals surface area contributed by atoms with E-state index in [1.807, 2.05) is 13.0 Å². The van der Waals surface area contributed by atoms with Crippen molar-refractivity contribution in [2.75, 3.05) is 20.1 Å². The van der Waals surface area contributed by atoms with Crippen LogP contribution in [0, 0.1) is 12.8 Å². The van der Waals surface area contributed by atoms with Crippen LogP contribution in [0.5, 0.6) is 0 Å². The van der Waals surface area contributed by atoms with Gasteiger partial charge in [-0.15, -0.1) is 6.58 Å². The fourth-order valence-electron chi connectivity index (χ4n) is 1.89. The third-order valence-corrected chi connectivity index (χ3v) is 2.80. The fourth-order valence-corrected chi connectivity index (χ4v) is 1.89. The predicted molar refractivity (Wildman–Crippen MR) is 76.5 cm³/mol. The van der Waals surface area contributed by atoms with Gasteiger partial charge in [0.1, 0.15) is 11.5 Å². The topological polar surface area (TPSA) is 28.4 Å². The van der Waals surface area contributed by atoms with Crippen molar-refractivity contribution in [1.29, 1.82) is 0 Å². The molecule has 1 rings (SSSR count). The lowest BCUT2D eigenvalue weighted by Crippen LogP contribution is -2.18. The van der Waals surface area contributed by atoms with Gasteiger partial charge in [0.2, 0.25) is 0 Å². The highest BCUT2D eigenvalue weighted by Crippen LogP contribution is 2.16. The zero-order valence-electron chi connectivity index (χ0n) is 12.1. The van der Waals surface area contributed by atoms with Crippen molar-refractivity contribution in [3.05, 3.63) is 35.8 Å². The summed E-state index contributed by atoms with van der Waals surface area (Å²) in [6.07, 6.45) is 1.92. The first kappa shape index (κ1) is 15.0. The molecule has 18 heavy (non-hydrogen) atoms. The van der Waals surface area contributed by atoms with Gasteiger partial charge in [0.05, 0.1) is 6.54 Å². The molecule has 0 fully saturated rings. The third-order valence-electron chi connectivity index (χ3n) is 2.80. The summed E-state index contributed by atoms with van der Waals surface area (Å²) in [5, 5.41) is 3.40. The molecular weight excluding hydrogens is 224 g/mol. The fraction of sp³-hybridized carbons (Fsp3) is 0.600. The monoisotopic (exact) mass is 250 g/mol. The number of nitrogens with zero attached hydrogens (tertiary/aromatic N) is 1. The Morgan fingerprint density at radius 2 is 2.22 bits per heavy atom. The normalized spacial score (nSPS) is 11.4. The molecule has 0 amide bonds. The van der Waals surface area contributed by atoms with E-state index in [-0.39, 0.29) is 0 Å². The molecule has 0 unspecified atom stereocenters. The summed E-state index contributed by atoms with van der Waals surface area (Å²) in [6, 6.07) is 2.16. The lowest BCUT2D eigenvalue weighted by molar-refractivity contribution is 0.359. The second-order valence-corrected chi connectivity index (χ2v) is 5.30. The average Bonchev–Trinajstić information content (AvgIpc) is 2.59. The Morgan fingerprint density at radius 3 is 2.83 bits per heavy atom. The maximum absolute atomic E-state index is 5.76. The maximum atomic E-state index is 5.76. The minimum absolute atomic E-state index is 0.666. The van der Waals surface area contributed by atoms with Crippen molar-refractivity contribution < 1.29 is 4.42 Å². The zero-order chi connectivity index (χ0) is 13.5. The number of rotatable bonds is 8. The number of nitrogens with one attached hydrogen (secondary N) is 1. The van der Waals surface area contributed by atoms with E-state index in [4.69, 9.17) is 4.42 Å². The Labute approximate surface area is 111 Å². The lowest BCUT2D eigenvalue weighted by Gasteiger charge is -2.12. The van der Waals surface area contributed by atoms with Crippen LogP contribution in [0.15, 0.2) is 23.1 Å². The molecule has 0 atom stereocenters. The summed E-state index contributed by atoms with van der Waals surface area (Å²) in [6.45, 7) is 13.8. The van der Waals surface area contributed by atoms with Gasteiger partial charge in [-0.2, -0.15) is 0 Å². The summed E-state index contributed by atoms with van der Waals surface area (Å²) in [4.78, 5) is 2.22. The van der Waals surface area contributed by atoms with Gasteiger partial charge in [0.15, 0.2) is 0 Å². The van der Waals surface area contributed by atoms with E-state index in [9.17, 15) is 0 Å². The van der Waals surface area contributed by atoms with E-state index in [1.54, 1.807) is 0 Å². The van der Waals surface area contributed by atoms with Crippen LogP contribution >= 0.6 is 0 Å². The molecule has 0 aromatic carbocycles. The number of hydrogen-bond donors (Lipinski definition) is 1. The molecule has 0 aliphatic heterocycles. The van der Waals surface area contributed by atoms with Crippen molar-refractivity contribution in [2.24, 2.45) is 5.92 Å². The van der Waals surface area contributed by atoms with E-state index in [2.05, 4.69) is 43.8 Å². The first-order valence-electron chi connectivity index (χ1n) is 6.61. The van der Waals surface area contributed by atoms with E-state index in [0.29, 0.717) is 5.92 Å². The average molecular weight is 250 g/mol. The van der Waals surface area contributed by atoms with Gasteiger partial charge in [-0.1, -0.05) is 19.9 Å². The first-order chi connectivity index (χ1) is 8.52. The van der Waals surface area contributed by atoms with Crippen molar-refractivity contribution in [2.45, 2.75) is 33.9 Å². The minimum Gasteiger partial charge on any atom is -0.465 e. The Balaban J connectivity index is 2.50.